The van der Waals surface area contributed by atoms with Crippen LogP contribution < -0.4 is 10.1 Å². The molecule has 0 saturated carbocycles. The predicted molar refractivity (Wildman–Crippen MR) is 110 cm³/mol. The van der Waals surface area contributed by atoms with E-state index in [-0.39, 0.29) is 23.3 Å². The summed E-state index contributed by atoms with van der Waals surface area (Å²) in [4.78, 5) is 27.7. The van der Waals surface area contributed by atoms with Crippen molar-refractivity contribution in [1.82, 2.24) is 10.2 Å². The van der Waals surface area contributed by atoms with Crippen LogP contribution in [0.5, 0.6) is 5.75 Å². The largest absolute Gasteiger partial charge is 0.487 e. The summed E-state index contributed by atoms with van der Waals surface area (Å²) in [5.41, 5.74) is 0.833. The quantitative estimate of drug-likeness (QED) is 0.859. The van der Waals surface area contributed by atoms with E-state index in [1.54, 1.807) is 18.4 Å². The summed E-state index contributed by atoms with van der Waals surface area (Å²) in [6.45, 7) is 1.41. The standard InChI is InChI=1S/C22H26N2O3S/c1-23-20(25)13-16-15-22(27-19-7-3-2-6-18(16)19)8-10-24(11-9-22)21(26)14-17-5-4-12-28-17/h2-7,12,16H,8-11,13-15H2,1H3,(H,23,25)/t16-/m0/s1. The van der Waals surface area contributed by atoms with Crippen molar-refractivity contribution in [3.63, 3.8) is 0 Å². The fourth-order valence-corrected chi connectivity index (χ4v) is 5.09. The van der Waals surface area contributed by atoms with Crippen molar-refractivity contribution in [2.24, 2.45) is 0 Å². The summed E-state index contributed by atoms with van der Waals surface area (Å²) < 4.78 is 6.47. The van der Waals surface area contributed by atoms with Gasteiger partial charge in [-0.25, -0.2) is 0 Å². The number of hydrogen-bond donors (Lipinski definition) is 1. The maximum absolute atomic E-state index is 12.6. The Morgan fingerprint density at radius 3 is 2.71 bits per heavy atom. The Morgan fingerprint density at radius 1 is 1.21 bits per heavy atom. The third-order valence-corrected chi connectivity index (χ3v) is 6.82. The van der Waals surface area contributed by atoms with Crippen LogP contribution in [0.25, 0.3) is 0 Å². The molecule has 0 aliphatic carbocycles. The Balaban J connectivity index is 1.45. The third kappa shape index (κ3) is 3.92. The zero-order valence-electron chi connectivity index (χ0n) is 16.1. The van der Waals surface area contributed by atoms with Crippen LogP contribution in [0.4, 0.5) is 0 Å². The predicted octanol–water partition coefficient (Wildman–Crippen LogP) is 3.35. The molecule has 1 aromatic carbocycles. The molecule has 1 N–H and O–H groups in total. The van der Waals surface area contributed by atoms with Crippen molar-refractivity contribution in [3.8, 4) is 5.75 Å². The third-order valence-electron chi connectivity index (χ3n) is 5.95. The Hall–Kier alpha value is -2.34. The summed E-state index contributed by atoms with van der Waals surface area (Å²) in [6.07, 6.45) is 3.39. The van der Waals surface area contributed by atoms with E-state index in [1.165, 1.54) is 0 Å². The molecule has 1 fully saturated rings. The number of thiophene rings is 1. The zero-order valence-corrected chi connectivity index (χ0v) is 17.0. The van der Waals surface area contributed by atoms with Gasteiger partial charge in [-0.2, -0.15) is 0 Å². The molecule has 148 valence electrons. The lowest BCUT2D eigenvalue weighted by Gasteiger charge is -2.47. The van der Waals surface area contributed by atoms with Gasteiger partial charge in [0.1, 0.15) is 11.4 Å². The van der Waals surface area contributed by atoms with Gasteiger partial charge in [-0.05, 0) is 29.5 Å². The van der Waals surface area contributed by atoms with Crippen molar-refractivity contribution >= 4 is 23.2 Å². The molecular formula is C22H26N2O3S. The molecule has 1 saturated heterocycles. The van der Waals surface area contributed by atoms with Gasteiger partial charge in [0.15, 0.2) is 0 Å². The number of benzene rings is 1. The van der Waals surface area contributed by atoms with Crippen molar-refractivity contribution in [3.05, 3.63) is 52.2 Å². The van der Waals surface area contributed by atoms with Crippen LogP contribution in [-0.4, -0.2) is 42.5 Å². The number of para-hydroxylation sites is 1. The Labute approximate surface area is 169 Å². The number of carbonyl (C=O) groups excluding carboxylic acids is 2. The van der Waals surface area contributed by atoms with Gasteiger partial charge in [0.25, 0.3) is 0 Å². The molecule has 0 radical (unpaired) electrons. The van der Waals surface area contributed by atoms with Crippen molar-refractivity contribution in [2.75, 3.05) is 20.1 Å². The Bertz CT molecular complexity index is 841. The van der Waals surface area contributed by atoms with Crippen LogP contribution in [0.3, 0.4) is 0 Å². The summed E-state index contributed by atoms with van der Waals surface area (Å²) in [7, 11) is 1.68. The lowest BCUT2D eigenvalue weighted by molar-refractivity contribution is -0.134. The van der Waals surface area contributed by atoms with E-state index in [1.807, 2.05) is 40.6 Å². The second kappa shape index (κ2) is 7.95. The van der Waals surface area contributed by atoms with E-state index in [0.29, 0.717) is 25.9 Å². The SMILES string of the molecule is CNC(=O)C[C@H]1CC2(CCN(C(=O)Cc3cccs3)CC2)Oc2ccccc21. The first-order valence-corrected chi connectivity index (χ1v) is 10.8. The van der Waals surface area contributed by atoms with E-state index < -0.39 is 0 Å². The molecule has 2 aliphatic heterocycles. The number of nitrogens with zero attached hydrogens (tertiary/aromatic N) is 1. The number of likely N-dealkylation sites (tertiary alicyclic amines) is 1. The number of ether oxygens (including phenoxy) is 1. The number of fused-ring (bicyclic) bond motifs is 1. The van der Waals surface area contributed by atoms with E-state index in [2.05, 4.69) is 11.4 Å². The highest BCUT2D eigenvalue weighted by molar-refractivity contribution is 7.10. The first-order chi connectivity index (χ1) is 13.6. The molecule has 2 aromatic rings. The second-order valence-electron chi connectivity index (χ2n) is 7.74. The maximum atomic E-state index is 12.6. The molecule has 4 rings (SSSR count). The molecule has 1 aromatic heterocycles. The Morgan fingerprint density at radius 2 is 2.00 bits per heavy atom. The van der Waals surface area contributed by atoms with Gasteiger partial charge >= 0.3 is 0 Å². The highest BCUT2D eigenvalue weighted by Gasteiger charge is 2.44. The molecule has 6 heteroatoms. The monoisotopic (exact) mass is 398 g/mol. The van der Waals surface area contributed by atoms with E-state index >= 15 is 0 Å². The second-order valence-corrected chi connectivity index (χ2v) is 8.77. The minimum absolute atomic E-state index is 0.0559. The number of amides is 2. The highest BCUT2D eigenvalue weighted by Crippen LogP contribution is 2.46. The van der Waals surface area contributed by atoms with E-state index in [4.69, 9.17) is 4.74 Å². The van der Waals surface area contributed by atoms with Crippen LogP contribution in [0.1, 0.15) is 42.0 Å². The topological polar surface area (TPSA) is 58.6 Å². The molecule has 1 spiro atoms. The van der Waals surface area contributed by atoms with Crippen LogP contribution in [0, 0.1) is 0 Å². The van der Waals surface area contributed by atoms with Gasteiger partial charge in [0.05, 0.1) is 6.42 Å². The van der Waals surface area contributed by atoms with Crippen LogP contribution in [0.15, 0.2) is 41.8 Å². The lowest BCUT2D eigenvalue weighted by Crippen LogP contribution is -2.52. The average molecular weight is 399 g/mol. The van der Waals surface area contributed by atoms with Crippen LogP contribution in [0.2, 0.25) is 0 Å². The summed E-state index contributed by atoms with van der Waals surface area (Å²) in [5, 5.41) is 4.75. The first kappa shape index (κ1) is 19.0. The van der Waals surface area contributed by atoms with Gasteiger partial charge in [-0.1, -0.05) is 24.3 Å². The van der Waals surface area contributed by atoms with Gasteiger partial charge in [-0.3, -0.25) is 9.59 Å². The average Bonchev–Trinajstić information content (AvgIpc) is 3.21. The number of hydrogen-bond acceptors (Lipinski definition) is 4. The van der Waals surface area contributed by atoms with Gasteiger partial charge in [0.2, 0.25) is 11.8 Å². The van der Waals surface area contributed by atoms with Gasteiger partial charge < -0.3 is 15.0 Å². The number of piperidine rings is 1. The number of carbonyl (C=O) groups is 2. The van der Waals surface area contributed by atoms with E-state index in [9.17, 15) is 9.59 Å². The molecule has 0 unspecified atom stereocenters. The Kier molecular flexibility index (Phi) is 5.40. The van der Waals surface area contributed by atoms with Crippen LogP contribution >= 0.6 is 11.3 Å². The maximum Gasteiger partial charge on any atom is 0.227 e. The normalized spacial score (nSPS) is 20.3. The summed E-state index contributed by atoms with van der Waals surface area (Å²) >= 11 is 1.63. The molecule has 0 bridgehead atoms. The fraction of sp³-hybridized carbons (Fsp3) is 0.455. The van der Waals surface area contributed by atoms with Gasteiger partial charge in [0, 0.05) is 50.2 Å². The van der Waals surface area contributed by atoms with Crippen molar-refractivity contribution in [1.29, 1.82) is 0 Å². The van der Waals surface area contributed by atoms with Gasteiger partial charge in [-0.15, -0.1) is 11.3 Å². The molecular weight excluding hydrogens is 372 g/mol. The van der Waals surface area contributed by atoms with E-state index in [0.717, 1.165) is 35.5 Å². The number of nitrogens with one attached hydrogen (secondary N) is 1. The molecule has 5 nitrogen and oxygen atoms in total. The lowest BCUT2D eigenvalue weighted by atomic mass is 9.76. The summed E-state index contributed by atoms with van der Waals surface area (Å²) in [6, 6.07) is 12.0. The minimum Gasteiger partial charge on any atom is -0.487 e. The molecule has 1 atom stereocenters. The minimum atomic E-state index is -0.285. The van der Waals surface area contributed by atoms with Crippen molar-refractivity contribution < 1.29 is 14.3 Å². The molecule has 28 heavy (non-hydrogen) atoms. The fourth-order valence-electron chi connectivity index (χ4n) is 4.40. The first-order valence-electron chi connectivity index (χ1n) is 9.87. The molecule has 3 heterocycles. The smallest absolute Gasteiger partial charge is 0.227 e. The molecule has 2 aliphatic rings. The van der Waals surface area contributed by atoms with Crippen molar-refractivity contribution in [2.45, 2.75) is 43.6 Å². The highest BCUT2D eigenvalue weighted by atomic mass is 32.1. The number of rotatable bonds is 4. The van der Waals surface area contributed by atoms with Crippen LogP contribution in [-0.2, 0) is 16.0 Å². The zero-order chi connectivity index (χ0) is 19.6. The molecule has 2 amide bonds. The summed E-state index contributed by atoms with van der Waals surface area (Å²) in [5.74, 6) is 1.29.